The Balaban J connectivity index is 2.32. The van der Waals surface area contributed by atoms with Gasteiger partial charge in [0.15, 0.2) is 0 Å². The van der Waals surface area contributed by atoms with E-state index in [2.05, 4.69) is 43.8 Å². The predicted molar refractivity (Wildman–Crippen MR) is 63.7 cm³/mol. The minimum absolute atomic E-state index is 0.342. The van der Waals surface area contributed by atoms with Crippen molar-refractivity contribution in [3.05, 3.63) is 35.4 Å². The molecule has 1 atom stereocenters. The van der Waals surface area contributed by atoms with Crippen LogP contribution in [0.5, 0.6) is 0 Å². The summed E-state index contributed by atoms with van der Waals surface area (Å²) in [5, 5.41) is 0.440. The maximum Gasteiger partial charge on any atom is 0.0178 e. The molecule has 76 valence electrons. The Kier molecular flexibility index (Phi) is 2.58. The van der Waals surface area contributed by atoms with Crippen LogP contribution in [0.25, 0.3) is 0 Å². The molecule has 0 aliphatic heterocycles. The molecule has 2 heteroatoms. The third-order valence-corrected chi connectivity index (χ3v) is 3.82. The van der Waals surface area contributed by atoms with Crippen LogP contribution in [0.4, 0.5) is 0 Å². The summed E-state index contributed by atoms with van der Waals surface area (Å²) in [7, 11) is 0. The van der Waals surface area contributed by atoms with Crippen LogP contribution in [0, 0.1) is 0 Å². The number of rotatable bonds is 3. The van der Waals surface area contributed by atoms with Crippen molar-refractivity contribution in [3.63, 3.8) is 0 Å². The van der Waals surface area contributed by atoms with Crippen molar-refractivity contribution in [2.75, 3.05) is 0 Å². The average molecular weight is 207 g/mol. The minimum atomic E-state index is 0.342. The van der Waals surface area contributed by atoms with Gasteiger partial charge in [0.1, 0.15) is 0 Å². The van der Waals surface area contributed by atoms with E-state index in [1.165, 1.54) is 24.0 Å². The van der Waals surface area contributed by atoms with E-state index in [-0.39, 0.29) is 0 Å². The van der Waals surface area contributed by atoms with Crippen LogP contribution in [0.2, 0.25) is 0 Å². The Morgan fingerprint density at radius 1 is 1.50 bits per heavy atom. The van der Waals surface area contributed by atoms with Crippen LogP contribution in [0.15, 0.2) is 24.3 Å². The molecule has 0 spiro atoms. The lowest BCUT2D eigenvalue weighted by Gasteiger charge is -2.19. The molecule has 0 amide bonds. The molecule has 0 bridgehead atoms. The van der Waals surface area contributed by atoms with Gasteiger partial charge in [0.2, 0.25) is 0 Å². The smallest absolute Gasteiger partial charge is 0.0178 e. The molecule has 1 unspecified atom stereocenters. The molecule has 0 heterocycles. The van der Waals surface area contributed by atoms with Crippen molar-refractivity contribution in [2.45, 2.75) is 37.0 Å². The van der Waals surface area contributed by atoms with E-state index in [0.717, 1.165) is 0 Å². The fourth-order valence-electron chi connectivity index (χ4n) is 2.09. The summed E-state index contributed by atoms with van der Waals surface area (Å²) in [6.45, 7) is 2.82. The van der Waals surface area contributed by atoms with E-state index in [9.17, 15) is 0 Å². The summed E-state index contributed by atoms with van der Waals surface area (Å²) < 4.78 is 0. The Hall–Kier alpha value is -0.470. The van der Waals surface area contributed by atoms with Crippen molar-refractivity contribution in [1.82, 2.24) is 0 Å². The lowest BCUT2D eigenvalue weighted by molar-refractivity contribution is 0.684. The van der Waals surface area contributed by atoms with Gasteiger partial charge in [-0.25, -0.2) is 0 Å². The molecule has 1 aromatic rings. The number of hydrogen-bond donors (Lipinski definition) is 2. The Morgan fingerprint density at radius 3 is 2.71 bits per heavy atom. The van der Waals surface area contributed by atoms with Gasteiger partial charge in [-0.05, 0) is 24.0 Å². The molecule has 2 N–H and O–H groups in total. The maximum atomic E-state index is 5.64. The molecule has 2 rings (SSSR count). The second kappa shape index (κ2) is 3.59. The molecule has 1 saturated carbocycles. The first-order valence-electron chi connectivity index (χ1n) is 5.16. The number of hydrogen-bond acceptors (Lipinski definition) is 2. The monoisotopic (exact) mass is 207 g/mol. The molecular weight excluding hydrogens is 190 g/mol. The van der Waals surface area contributed by atoms with Gasteiger partial charge in [-0.3, -0.25) is 0 Å². The summed E-state index contributed by atoms with van der Waals surface area (Å²) in [6, 6.07) is 8.63. The van der Waals surface area contributed by atoms with Gasteiger partial charge in [-0.2, -0.15) is 12.6 Å². The van der Waals surface area contributed by atoms with Crippen LogP contribution >= 0.6 is 12.6 Å². The summed E-state index contributed by atoms with van der Waals surface area (Å²) in [5.74, 6) is 0. The Labute approximate surface area is 91.1 Å². The number of thiol groups is 1. The summed E-state index contributed by atoms with van der Waals surface area (Å²) in [4.78, 5) is 0. The molecule has 1 aliphatic rings. The highest BCUT2D eigenvalue weighted by atomic mass is 32.1. The zero-order valence-electron chi connectivity index (χ0n) is 8.53. The van der Waals surface area contributed by atoms with Crippen LogP contribution in [-0.2, 0) is 12.0 Å². The SMILES string of the molecule is CC(S)C1(c2cccc(CN)c2)CC1. The molecule has 1 aliphatic carbocycles. The first-order chi connectivity index (χ1) is 6.69. The highest BCUT2D eigenvalue weighted by Gasteiger charge is 2.47. The van der Waals surface area contributed by atoms with E-state index >= 15 is 0 Å². The first kappa shape index (κ1) is 10.1. The summed E-state index contributed by atoms with van der Waals surface area (Å²) >= 11 is 4.58. The molecule has 1 aromatic carbocycles. The molecule has 0 saturated heterocycles. The van der Waals surface area contributed by atoms with E-state index in [4.69, 9.17) is 5.73 Å². The lowest BCUT2D eigenvalue weighted by atomic mass is 9.91. The zero-order chi connectivity index (χ0) is 10.2. The molecule has 14 heavy (non-hydrogen) atoms. The third kappa shape index (κ3) is 1.57. The van der Waals surface area contributed by atoms with Crippen molar-refractivity contribution < 1.29 is 0 Å². The van der Waals surface area contributed by atoms with E-state index < -0.39 is 0 Å². The van der Waals surface area contributed by atoms with E-state index in [1.54, 1.807) is 0 Å². The molecule has 0 radical (unpaired) electrons. The largest absolute Gasteiger partial charge is 0.326 e. The number of nitrogens with two attached hydrogens (primary N) is 1. The topological polar surface area (TPSA) is 26.0 Å². The maximum absolute atomic E-state index is 5.64. The van der Waals surface area contributed by atoms with Crippen LogP contribution < -0.4 is 5.73 Å². The standard InChI is InChI=1S/C12H17NS/c1-9(14)12(5-6-12)11-4-2-3-10(7-11)8-13/h2-4,7,9,14H,5-6,8,13H2,1H3. The Bertz CT molecular complexity index is 329. The quantitative estimate of drug-likeness (QED) is 0.732. The molecule has 1 nitrogen and oxygen atoms in total. The van der Waals surface area contributed by atoms with Crippen molar-refractivity contribution in [2.24, 2.45) is 5.73 Å². The highest BCUT2D eigenvalue weighted by Crippen LogP contribution is 2.52. The second-order valence-corrected chi connectivity index (χ2v) is 5.01. The van der Waals surface area contributed by atoms with Gasteiger partial charge < -0.3 is 5.73 Å². The lowest BCUT2D eigenvalue weighted by Crippen LogP contribution is -2.18. The van der Waals surface area contributed by atoms with Gasteiger partial charge >= 0.3 is 0 Å². The summed E-state index contributed by atoms with van der Waals surface area (Å²) in [6.07, 6.45) is 2.54. The van der Waals surface area contributed by atoms with E-state index in [1.807, 2.05) is 0 Å². The van der Waals surface area contributed by atoms with Gasteiger partial charge in [-0.15, -0.1) is 0 Å². The number of benzene rings is 1. The van der Waals surface area contributed by atoms with Gasteiger partial charge in [0.25, 0.3) is 0 Å². The second-order valence-electron chi connectivity index (χ2n) is 4.24. The third-order valence-electron chi connectivity index (χ3n) is 3.33. The summed E-state index contributed by atoms with van der Waals surface area (Å²) in [5.41, 5.74) is 8.63. The van der Waals surface area contributed by atoms with Gasteiger partial charge in [0, 0.05) is 17.2 Å². The van der Waals surface area contributed by atoms with Crippen LogP contribution in [0.3, 0.4) is 0 Å². The van der Waals surface area contributed by atoms with Gasteiger partial charge in [-0.1, -0.05) is 31.2 Å². The van der Waals surface area contributed by atoms with Crippen molar-refractivity contribution >= 4 is 12.6 Å². The molecule has 1 fully saturated rings. The molecule has 0 aromatic heterocycles. The average Bonchev–Trinajstić information content (AvgIpc) is 2.98. The Morgan fingerprint density at radius 2 is 2.21 bits per heavy atom. The fourth-order valence-corrected chi connectivity index (χ4v) is 2.50. The molecular formula is C12H17NS. The highest BCUT2D eigenvalue weighted by molar-refractivity contribution is 7.81. The van der Waals surface area contributed by atoms with Crippen LogP contribution in [-0.4, -0.2) is 5.25 Å². The van der Waals surface area contributed by atoms with E-state index in [0.29, 0.717) is 17.2 Å². The predicted octanol–water partition coefficient (Wildman–Crippen LogP) is 2.50. The normalized spacial score (nSPS) is 20.5. The minimum Gasteiger partial charge on any atom is -0.326 e. The first-order valence-corrected chi connectivity index (χ1v) is 5.68. The van der Waals surface area contributed by atoms with Crippen molar-refractivity contribution in [1.29, 1.82) is 0 Å². The van der Waals surface area contributed by atoms with Gasteiger partial charge in [0.05, 0.1) is 0 Å². The van der Waals surface area contributed by atoms with Crippen molar-refractivity contribution in [3.8, 4) is 0 Å². The van der Waals surface area contributed by atoms with Crippen LogP contribution in [0.1, 0.15) is 30.9 Å². The fraction of sp³-hybridized carbons (Fsp3) is 0.500. The zero-order valence-corrected chi connectivity index (χ0v) is 9.43.